The van der Waals surface area contributed by atoms with Gasteiger partial charge in [0.2, 0.25) is 0 Å². The fourth-order valence-corrected chi connectivity index (χ4v) is 9.45. The molecule has 0 saturated heterocycles. The number of hydrogen-bond acceptors (Lipinski definition) is 7. The SMILES string of the molecule is COC(=O)CC[C@@H](C)[C@H]1CCC2[C@@H]3[C@H](O)C[C@@H]4C[C@H](OC(C)=O)CC[C@]4(C)[C@H]3C[C@H](OC(C)=O)[C@@]21C.O. The Morgan fingerprint density at radius 3 is 2.27 bits per heavy atom. The highest BCUT2D eigenvalue weighted by molar-refractivity contribution is 5.69. The summed E-state index contributed by atoms with van der Waals surface area (Å²) in [6.45, 7) is 9.83. The van der Waals surface area contributed by atoms with Gasteiger partial charge < -0.3 is 24.8 Å². The van der Waals surface area contributed by atoms with E-state index < -0.39 is 6.10 Å². The Kier molecular flexibility index (Phi) is 9.05. The quantitative estimate of drug-likeness (QED) is 0.412. The summed E-state index contributed by atoms with van der Waals surface area (Å²) in [4.78, 5) is 35.7. The van der Waals surface area contributed by atoms with E-state index in [4.69, 9.17) is 14.2 Å². The van der Waals surface area contributed by atoms with Crippen LogP contribution in [0.4, 0.5) is 0 Å². The van der Waals surface area contributed by atoms with E-state index in [0.717, 1.165) is 51.4 Å². The van der Waals surface area contributed by atoms with Crippen molar-refractivity contribution in [3.05, 3.63) is 0 Å². The number of carbonyl (C=O) groups is 3. The molecule has 37 heavy (non-hydrogen) atoms. The molecule has 212 valence electrons. The van der Waals surface area contributed by atoms with Gasteiger partial charge in [0.25, 0.3) is 0 Å². The minimum Gasteiger partial charge on any atom is -0.469 e. The third kappa shape index (κ3) is 5.29. The number of fused-ring (bicyclic) bond motifs is 5. The van der Waals surface area contributed by atoms with Gasteiger partial charge in [0, 0.05) is 25.7 Å². The van der Waals surface area contributed by atoms with Crippen molar-refractivity contribution in [1.82, 2.24) is 0 Å². The van der Waals surface area contributed by atoms with Crippen molar-refractivity contribution < 1.29 is 39.2 Å². The Balaban J connectivity index is 0.00000380. The lowest BCUT2D eigenvalue weighted by Gasteiger charge is -2.64. The zero-order chi connectivity index (χ0) is 26.4. The Labute approximate surface area is 221 Å². The maximum atomic E-state index is 12.3. The van der Waals surface area contributed by atoms with Crippen molar-refractivity contribution in [2.24, 2.45) is 46.3 Å². The van der Waals surface area contributed by atoms with E-state index in [9.17, 15) is 19.5 Å². The maximum Gasteiger partial charge on any atom is 0.305 e. The van der Waals surface area contributed by atoms with Crippen LogP contribution in [-0.4, -0.2) is 53.9 Å². The first kappa shape index (κ1) is 29.9. The molecule has 0 aromatic heterocycles. The van der Waals surface area contributed by atoms with E-state index in [2.05, 4.69) is 20.8 Å². The summed E-state index contributed by atoms with van der Waals surface area (Å²) in [7, 11) is 1.43. The van der Waals surface area contributed by atoms with Crippen molar-refractivity contribution in [1.29, 1.82) is 0 Å². The second-order valence-electron chi connectivity index (χ2n) is 12.8. The molecule has 8 heteroatoms. The molecule has 0 aliphatic heterocycles. The average Bonchev–Trinajstić information content (AvgIpc) is 3.16. The first-order valence-corrected chi connectivity index (χ1v) is 14.0. The van der Waals surface area contributed by atoms with E-state index in [1.165, 1.54) is 21.0 Å². The van der Waals surface area contributed by atoms with Crippen molar-refractivity contribution in [3.8, 4) is 0 Å². The molecule has 4 aliphatic rings. The summed E-state index contributed by atoms with van der Waals surface area (Å²) in [5.74, 6) is 0.916. The van der Waals surface area contributed by atoms with Crippen LogP contribution in [0.15, 0.2) is 0 Å². The molecule has 4 aliphatic carbocycles. The summed E-state index contributed by atoms with van der Waals surface area (Å²) in [5, 5.41) is 11.6. The van der Waals surface area contributed by atoms with Crippen LogP contribution in [0.1, 0.15) is 92.4 Å². The number of carbonyl (C=O) groups excluding carboxylic acids is 3. The smallest absolute Gasteiger partial charge is 0.305 e. The average molecular weight is 525 g/mol. The summed E-state index contributed by atoms with van der Waals surface area (Å²) in [6.07, 6.45) is 6.59. The van der Waals surface area contributed by atoms with Crippen molar-refractivity contribution >= 4 is 17.9 Å². The predicted octanol–water partition coefficient (Wildman–Crippen LogP) is 3.85. The lowest BCUT2D eigenvalue weighted by Crippen LogP contribution is -2.63. The van der Waals surface area contributed by atoms with Gasteiger partial charge in [-0.1, -0.05) is 20.8 Å². The fourth-order valence-electron chi connectivity index (χ4n) is 9.45. The highest BCUT2D eigenvalue weighted by Crippen LogP contribution is 2.69. The molecular formula is C29H48O8. The second kappa shape index (κ2) is 11.2. The molecule has 1 unspecified atom stereocenters. The monoisotopic (exact) mass is 524 g/mol. The molecule has 4 fully saturated rings. The van der Waals surface area contributed by atoms with Gasteiger partial charge in [-0.3, -0.25) is 14.4 Å². The van der Waals surface area contributed by atoms with Gasteiger partial charge in [-0.05, 0) is 92.3 Å². The van der Waals surface area contributed by atoms with E-state index in [0.29, 0.717) is 12.3 Å². The van der Waals surface area contributed by atoms with Crippen molar-refractivity contribution in [2.75, 3.05) is 7.11 Å². The lowest BCUT2D eigenvalue weighted by molar-refractivity contribution is -0.218. The summed E-state index contributed by atoms with van der Waals surface area (Å²) >= 11 is 0. The lowest BCUT2D eigenvalue weighted by atomic mass is 9.43. The van der Waals surface area contributed by atoms with Crippen LogP contribution >= 0.6 is 0 Å². The molecule has 4 rings (SSSR count). The zero-order valence-electron chi connectivity index (χ0n) is 23.5. The molecule has 0 radical (unpaired) electrons. The number of aliphatic hydroxyl groups excluding tert-OH is 1. The van der Waals surface area contributed by atoms with Gasteiger partial charge in [0.1, 0.15) is 12.2 Å². The fraction of sp³-hybridized carbons (Fsp3) is 0.897. The van der Waals surface area contributed by atoms with E-state index in [-0.39, 0.29) is 76.0 Å². The third-order valence-corrected chi connectivity index (χ3v) is 11.1. The van der Waals surface area contributed by atoms with E-state index in [1.807, 2.05) is 0 Å². The zero-order valence-corrected chi connectivity index (χ0v) is 23.5. The topological polar surface area (TPSA) is 131 Å². The molecule has 0 bridgehead atoms. The van der Waals surface area contributed by atoms with Crippen LogP contribution in [0.25, 0.3) is 0 Å². The van der Waals surface area contributed by atoms with Crippen molar-refractivity contribution in [2.45, 2.75) is 111 Å². The van der Waals surface area contributed by atoms with Gasteiger partial charge in [-0.2, -0.15) is 0 Å². The third-order valence-electron chi connectivity index (χ3n) is 11.1. The molecule has 0 aromatic carbocycles. The van der Waals surface area contributed by atoms with E-state index >= 15 is 0 Å². The molecule has 11 atom stereocenters. The normalized spacial score (nSPS) is 43.2. The minimum atomic E-state index is -0.407. The molecule has 0 heterocycles. The predicted molar refractivity (Wildman–Crippen MR) is 137 cm³/mol. The number of ether oxygens (including phenoxy) is 3. The van der Waals surface area contributed by atoms with Gasteiger partial charge in [-0.25, -0.2) is 0 Å². The highest BCUT2D eigenvalue weighted by Gasteiger charge is 2.66. The standard InChI is InChI=1S/C29H46O7.H2O/c1-16(7-10-26(33)34-6)21-8-9-22-27-23(15-25(29(21,22)5)36-18(3)31)28(4)12-11-20(35-17(2)30)13-19(28)14-24(27)32;/h16,19-25,27,32H,7-15H2,1-6H3;1H2/t16-,19+,20-,21-,22?,23+,24-,25+,27+,28+,29-;/m1./s1. The maximum absolute atomic E-state index is 12.3. The Morgan fingerprint density at radius 1 is 0.973 bits per heavy atom. The molecule has 0 spiro atoms. The first-order valence-electron chi connectivity index (χ1n) is 14.0. The van der Waals surface area contributed by atoms with Gasteiger partial charge in [-0.15, -0.1) is 0 Å². The van der Waals surface area contributed by atoms with Crippen LogP contribution in [0, 0.1) is 46.3 Å². The number of esters is 3. The Hall–Kier alpha value is -1.67. The summed E-state index contributed by atoms with van der Waals surface area (Å²) in [5.41, 5.74) is -0.212. The first-order chi connectivity index (χ1) is 16.9. The van der Waals surface area contributed by atoms with Gasteiger partial charge in [0.15, 0.2) is 0 Å². The number of rotatable bonds is 6. The highest BCUT2D eigenvalue weighted by atomic mass is 16.5. The van der Waals surface area contributed by atoms with Crippen LogP contribution in [-0.2, 0) is 28.6 Å². The van der Waals surface area contributed by atoms with E-state index in [1.54, 1.807) is 0 Å². The van der Waals surface area contributed by atoms with Gasteiger partial charge >= 0.3 is 17.9 Å². The summed E-state index contributed by atoms with van der Waals surface area (Å²) in [6, 6.07) is 0. The van der Waals surface area contributed by atoms with Crippen LogP contribution in [0.2, 0.25) is 0 Å². The second-order valence-corrected chi connectivity index (χ2v) is 12.8. The van der Waals surface area contributed by atoms with Gasteiger partial charge in [0.05, 0.1) is 13.2 Å². The minimum absolute atomic E-state index is 0. The number of aliphatic hydroxyl groups is 1. The molecule has 3 N–H and O–H groups in total. The number of methoxy groups -OCH3 is 1. The molecule has 0 amide bonds. The van der Waals surface area contributed by atoms with Crippen LogP contribution in [0.5, 0.6) is 0 Å². The molecular weight excluding hydrogens is 476 g/mol. The number of hydrogen-bond donors (Lipinski definition) is 1. The molecule has 4 saturated carbocycles. The van der Waals surface area contributed by atoms with Crippen LogP contribution < -0.4 is 0 Å². The largest absolute Gasteiger partial charge is 0.469 e. The Morgan fingerprint density at radius 2 is 1.65 bits per heavy atom. The van der Waals surface area contributed by atoms with Crippen molar-refractivity contribution in [3.63, 3.8) is 0 Å². The Bertz CT molecular complexity index is 859. The summed E-state index contributed by atoms with van der Waals surface area (Å²) < 4.78 is 16.6. The molecule has 8 nitrogen and oxygen atoms in total. The molecule has 0 aromatic rings. The van der Waals surface area contributed by atoms with Crippen LogP contribution in [0.3, 0.4) is 0 Å².